The Morgan fingerprint density at radius 2 is 1.58 bits per heavy atom. The van der Waals surface area contributed by atoms with Gasteiger partial charge in [-0.3, -0.25) is 0 Å². The molecule has 12 heavy (non-hydrogen) atoms. The summed E-state index contributed by atoms with van der Waals surface area (Å²) in [6.45, 7) is 3.54. The fourth-order valence-electron chi connectivity index (χ4n) is 0.843. The average Bonchev–Trinajstić information content (AvgIpc) is 2.03. The van der Waals surface area contributed by atoms with Crippen molar-refractivity contribution in [1.82, 2.24) is 0 Å². The van der Waals surface area contributed by atoms with E-state index in [9.17, 15) is 0 Å². The summed E-state index contributed by atoms with van der Waals surface area (Å²) in [6.07, 6.45) is 1.62. The van der Waals surface area contributed by atoms with Gasteiger partial charge in [-0.2, -0.15) is 0 Å². The third-order valence-corrected chi connectivity index (χ3v) is 1.53. The number of hydrogen-bond acceptors (Lipinski definition) is 3. The van der Waals surface area contributed by atoms with Crippen LogP contribution in [0.1, 0.15) is 11.1 Å². The Labute approximate surface area is 70.2 Å². The monoisotopic (exact) mass is 166 g/mol. The quantitative estimate of drug-likeness (QED) is 0.558. The zero-order chi connectivity index (χ0) is 9.19. The number of hydrogen-bond donors (Lipinski definition) is 3. The van der Waals surface area contributed by atoms with Gasteiger partial charge in [-0.05, 0) is 5.56 Å². The van der Waals surface area contributed by atoms with Gasteiger partial charge in [0, 0.05) is 5.56 Å². The first-order valence-corrected chi connectivity index (χ1v) is 3.44. The highest BCUT2D eigenvalue weighted by Crippen LogP contribution is 2.15. The zero-order valence-electron chi connectivity index (χ0n) is 6.44. The standard InChI is InChI=1S/C9H10O3/c1-2-7-3-5-8(6-4-7)9(10,11)12/h2-6,10-12H,1H2. The Morgan fingerprint density at radius 3 is 1.92 bits per heavy atom. The van der Waals surface area contributed by atoms with E-state index in [2.05, 4.69) is 6.58 Å². The van der Waals surface area contributed by atoms with E-state index in [1.54, 1.807) is 18.2 Å². The lowest BCUT2D eigenvalue weighted by Gasteiger charge is -2.13. The molecular formula is C9H10O3. The lowest BCUT2D eigenvalue weighted by atomic mass is 10.1. The maximum absolute atomic E-state index is 8.74. The second-order valence-electron chi connectivity index (χ2n) is 2.46. The molecule has 0 saturated carbocycles. The van der Waals surface area contributed by atoms with Gasteiger partial charge >= 0.3 is 5.97 Å². The minimum atomic E-state index is -2.75. The summed E-state index contributed by atoms with van der Waals surface area (Å²) >= 11 is 0. The fraction of sp³-hybridized carbons (Fsp3) is 0.111. The topological polar surface area (TPSA) is 60.7 Å². The van der Waals surface area contributed by atoms with Crippen molar-refractivity contribution in [2.75, 3.05) is 0 Å². The molecule has 1 aromatic carbocycles. The lowest BCUT2D eigenvalue weighted by Crippen LogP contribution is -2.23. The van der Waals surface area contributed by atoms with Gasteiger partial charge in [0.25, 0.3) is 0 Å². The third kappa shape index (κ3) is 1.92. The lowest BCUT2D eigenvalue weighted by molar-refractivity contribution is -0.323. The summed E-state index contributed by atoms with van der Waals surface area (Å²) in [5.41, 5.74) is 0.885. The van der Waals surface area contributed by atoms with Gasteiger partial charge in [0.15, 0.2) is 0 Å². The van der Waals surface area contributed by atoms with Crippen LogP contribution in [0, 0.1) is 0 Å². The Morgan fingerprint density at radius 1 is 1.08 bits per heavy atom. The van der Waals surface area contributed by atoms with E-state index >= 15 is 0 Å². The van der Waals surface area contributed by atoms with Crippen LogP contribution in [0.5, 0.6) is 0 Å². The molecule has 0 unspecified atom stereocenters. The van der Waals surface area contributed by atoms with E-state index in [1.807, 2.05) is 0 Å². The molecule has 0 saturated heterocycles. The molecule has 0 aromatic heterocycles. The minimum Gasteiger partial charge on any atom is -0.340 e. The Kier molecular flexibility index (Phi) is 2.28. The SMILES string of the molecule is C=Cc1ccc(C(O)(O)O)cc1. The summed E-state index contributed by atoms with van der Waals surface area (Å²) < 4.78 is 0. The average molecular weight is 166 g/mol. The molecule has 0 aliphatic heterocycles. The van der Waals surface area contributed by atoms with Crippen LogP contribution in [0.4, 0.5) is 0 Å². The van der Waals surface area contributed by atoms with Gasteiger partial charge in [0.1, 0.15) is 0 Å². The molecule has 0 atom stereocenters. The van der Waals surface area contributed by atoms with E-state index in [0.29, 0.717) is 0 Å². The predicted octanol–water partition coefficient (Wildman–Crippen LogP) is 0.417. The normalized spacial score (nSPS) is 11.2. The molecule has 0 aliphatic carbocycles. The van der Waals surface area contributed by atoms with Crippen LogP contribution in [-0.2, 0) is 5.97 Å². The van der Waals surface area contributed by atoms with Crippen LogP contribution in [0.3, 0.4) is 0 Å². The maximum Gasteiger partial charge on any atom is 0.304 e. The van der Waals surface area contributed by atoms with E-state index in [1.165, 1.54) is 12.1 Å². The predicted molar refractivity (Wildman–Crippen MR) is 44.9 cm³/mol. The highest BCUT2D eigenvalue weighted by Gasteiger charge is 2.20. The van der Waals surface area contributed by atoms with Crippen LogP contribution >= 0.6 is 0 Å². The van der Waals surface area contributed by atoms with Gasteiger partial charge in [0.2, 0.25) is 0 Å². The van der Waals surface area contributed by atoms with Gasteiger partial charge in [-0.1, -0.05) is 36.9 Å². The van der Waals surface area contributed by atoms with Crippen molar-refractivity contribution < 1.29 is 15.3 Å². The molecule has 0 amide bonds. The summed E-state index contributed by atoms with van der Waals surface area (Å²) in [4.78, 5) is 0. The Bertz CT molecular complexity index is 269. The highest BCUT2D eigenvalue weighted by atomic mass is 16.7. The Hall–Kier alpha value is -1.16. The molecule has 0 radical (unpaired) electrons. The summed E-state index contributed by atoms with van der Waals surface area (Å²) in [6, 6.07) is 6.08. The van der Waals surface area contributed by atoms with E-state index in [-0.39, 0.29) is 5.56 Å². The Balaban J connectivity index is 3.00. The summed E-state index contributed by atoms with van der Waals surface area (Å²) in [5.74, 6) is -2.75. The number of aliphatic hydroxyl groups is 3. The van der Waals surface area contributed by atoms with Crippen molar-refractivity contribution in [1.29, 1.82) is 0 Å². The van der Waals surface area contributed by atoms with E-state index < -0.39 is 5.97 Å². The molecule has 64 valence electrons. The molecule has 1 rings (SSSR count). The van der Waals surface area contributed by atoms with Crippen molar-refractivity contribution in [3.05, 3.63) is 42.0 Å². The molecule has 1 aromatic rings. The van der Waals surface area contributed by atoms with E-state index in [0.717, 1.165) is 5.56 Å². The molecule has 0 aliphatic rings. The largest absolute Gasteiger partial charge is 0.340 e. The zero-order valence-corrected chi connectivity index (χ0v) is 6.44. The molecule has 3 N–H and O–H groups in total. The first-order valence-electron chi connectivity index (χ1n) is 3.44. The molecule has 0 heterocycles. The molecule has 0 spiro atoms. The minimum absolute atomic E-state index is 0.0353. The molecular weight excluding hydrogens is 156 g/mol. The van der Waals surface area contributed by atoms with Crippen molar-refractivity contribution in [3.63, 3.8) is 0 Å². The van der Waals surface area contributed by atoms with Crippen LogP contribution in [0.25, 0.3) is 6.08 Å². The molecule has 3 nitrogen and oxygen atoms in total. The second-order valence-corrected chi connectivity index (χ2v) is 2.46. The molecule has 0 bridgehead atoms. The van der Waals surface area contributed by atoms with Gasteiger partial charge < -0.3 is 15.3 Å². The first kappa shape index (κ1) is 8.93. The number of benzene rings is 1. The van der Waals surface area contributed by atoms with Crippen molar-refractivity contribution in [2.45, 2.75) is 5.97 Å². The van der Waals surface area contributed by atoms with Crippen LogP contribution < -0.4 is 0 Å². The highest BCUT2D eigenvalue weighted by molar-refractivity contribution is 5.47. The van der Waals surface area contributed by atoms with Crippen LogP contribution in [0.2, 0.25) is 0 Å². The second kappa shape index (κ2) is 3.06. The van der Waals surface area contributed by atoms with Crippen molar-refractivity contribution in [3.8, 4) is 0 Å². The molecule has 0 fully saturated rings. The summed E-state index contributed by atoms with van der Waals surface area (Å²) in [7, 11) is 0. The van der Waals surface area contributed by atoms with Crippen LogP contribution in [-0.4, -0.2) is 15.3 Å². The van der Waals surface area contributed by atoms with Gasteiger partial charge in [0.05, 0.1) is 0 Å². The van der Waals surface area contributed by atoms with Gasteiger partial charge in [-0.25, -0.2) is 0 Å². The van der Waals surface area contributed by atoms with Crippen molar-refractivity contribution >= 4 is 6.08 Å². The smallest absolute Gasteiger partial charge is 0.304 e. The van der Waals surface area contributed by atoms with Gasteiger partial charge in [-0.15, -0.1) is 0 Å². The van der Waals surface area contributed by atoms with Crippen LogP contribution in [0.15, 0.2) is 30.8 Å². The van der Waals surface area contributed by atoms with E-state index in [4.69, 9.17) is 15.3 Å². The summed E-state index contributed by atoms with van der Waals surface area (Å²) in [5, 5.41) is 26.2. The fourth-order valence-corrected chi connectivity index (χ4v) is 0.843. The maximum atomic E-state index is 8.74. The third-order valence-electron chi connectivity index (χ3n) is 1.53. The number of rotatable bonds is 2. The molecule has 3 heteroatoms. The van der Waals surface area contributed by atoms with Crippen molar-refractivity contribution in [2.24, 2.45) is 0 Å². The first-order chi connectivity index (χ1) is 5.54.